The van der Waals surface area contributed by atoms with Crippen LogP contribution in [0, 0.1) is 0 Å². The number of phenols is 1. The van der Waals surface area contributed by atoms with Gasteiger partial charge in [-0.15, -0.1) is 0 Å². The lowest BCUT2D eigenvalue weighted by molar-refractivity contribution is 0.256. The highest BCUT2D eigenvalue weighted by molar-refractivity contribution is 5.58. The van der Waals surface area contributed by atoms with Crippen LogP contribution in [0.25, 0.3) is 0 Å². The molecular weight excluding hydrogens is 256 g/mol. The van der Waals surface area contributed by atoms with E-state index in [0.29, 0.717) is 37.1 Å². The Balaban J connectivity index is 0.00000110. The number of rotatable bonds is 7. The lowest BCUT2D eigenvalue weighted by Crippen LogP contribution is -2.02. The van der Waals surface area contributed by atoms with Gasteiger partial charge in [0.15, 0.2) is 11.5 Å². The van der Waals surface area contributed by atoms with Crippen LogP contribution in [0.5, 0.6) is 23.0 Å². The number of ether oxygens (including phenoxy) is 3. The summed E-state index contributed by atoms with van der Waals surface area (Å²) >= 11 is 0. The average molecular weight is 282 g/mol. The second-order valence-electron chi connectivity index (χ2n) is 3.91. The van der Waals surface area contributed by atoms with Gasteiger partial charge < -0.3 is 19.3 Å². The van der Waals surface area contributed by atoms with Crippen molar-refractivity contribution in [1.82, 2.24) is 0 Å². The van der Waals surface area contributed by atoms with Crippen molar-refractivity contribution >= 4 is 0 Å². The van der Waals surface area contributed by atoms with E-state index in [0.717, 1.165) is 0 Å². The number of phenolic OH excluding ortho intramolecular Hbond substituents is 1. The van der Waals surface area contributed by atoms with Gasteiger partial charge in [-0.2, -0.15) is 0 Å². The fourth-order valence-corrected chi connectivity index (χ4v) is 1.36. The van der Waals surface area contributed by atoms with Crippen molar-refractivity contribution in [3.8, 4) is 23.0 Å². The third-order valence-corrected chi connectivity index (χ3v) is 1.99. The van der Waals surface area contributed by atoms with Gasteiger partial charge >= 0.3 is 0 Å². The van der Waals surface area contributed by atoms with Crippen molar-refractivity contribution in [2.45, 2.75) is 34.1 Å². The summed E-state index contributed by atoms with van der Waals surface area (Å²) in [5.41, 5.74) is 0. The highest BCUT2D eigenvalue weighted by Gasteiger charge is 2.16. The molecule has 20 heavy (non-hydrogen) atoms. The zero-order valence-electron chi connectivity index (χ0n) is 12.9. The van der Waals surface area contributed by atoms with Crippen LogP contribution < -0.4 is 14.2 Å². The van der Waals surface area contributed by atoms with Crippen LogP contribution in [0.15, 0.2) is 24.8 Å². The number of aromatic hydroxyl groups is 1. The summed E-state index contributed by atoms with van der Waals surface area (Å²) in [5.74, 6) is 1.32. The van der Waals surface area contributed by atoms with Crippen LogP contribution in [0.3, 0.4) is 0 Å². The van der Waals surface area contributed by atoms with Crippen molar-refractivity contribution < 1.29 is 19.3 Å². The van der Waals surface area contributed by atoms with Crippen molar-refractivity contribution in [1.29, 1.82) is 0 Å². The Bertz CT molecular complexity index is 388. The van der Waals surface area contributed by atoms with E-state index in [1.54, 1.807) is 12.1 Å². The molecule has 0 heterocycles. The van der Waals surface area contributed by atoms with Gasteiger partial charge in [0.1, 0.15) is 6.61 Å². The highest BCUT2D eigenvalue weighted by Crippen LogP contribution is 2.43. The predicted molar refractivity (Wildman–Crippen MR) is 82.1 cm³/mol. The molecule has 0 saturated heterocycles. The molecule has 1 aromatic rings. The Morgan fingerprint density at radius 3 is 2.05 bits per heavy atom. The molecular formula is C16H26O4. The van der Waals surface area contributed by atoms with Gasteiger partial charge in [-0.3, -0.25) is 0 Å². The normalized spacial score (nSPS) is 9.20. The average Bonchev–Trinajstić information content (AvgIpc) is 2.43. The van der Waals surface area contributed by atoms with Crippen molar-refractivity contribution in [2.75, 3.05) is 19.8 Å². The monoisotopic (exact) mass is 282 g/mol. The summed E-state index contributed by atoms with van der Waals surface area (Å²) in [6, 6.07) is 3.16. The SMILES string of the molecule is C=CCOc1ccc(O)c(OCC)c1OCC.CCC. The molecule has 0 fully saturated rings. The number of hydrogen-bond donors (Lipinski definition) is 1. The lowest BCUT2D eigenvalue weighted by atomic mass is 10.2. The fourth-order valence-electron chi connectivity index (χ4n) is 1.36. The smallest absolute Gasteiger partial charge is 0.207 e. The molecule has 0 radical (unpaired) electrons. The maximum atomic E-state index is 9.72. The van der Waals surface area contributed by atoms with Gasteiger partial charge in [-0.25, -0.2) is 0 Å². The molecule has 0 saturated carbocycles. The van der Waals surface area contributed by atoms with Gasteiger partial charge in [-0.05, 0) is 26.0 Å². The largest absolute Gasteiger partial charge is 0.504 e. The number of hydrogen-bond acceptors (Lipinski definition) is 4. The van der Waals surface area contributed by atoms with Gasteiger partial charge in [0.2, 0.25) is 11.5 Å². The molecule has 0 aromatic heterocycles. The van der Waals surface area contributed by atoms with E-state index in [1.165, 1.54) is 12.5 Å². The Morgan fingerprint density at radius 2 is 1.55 bits per heavy atom. The molecule has 0 aliphatic rings. The molecule has 0 unspecified atom stereocenters. The van der Waals surface area contributed by atoms with Crippen LogP contribution in [0.4, 0.5) is 0 Å². The Labute approximate surface area is 122 Å². The summed E-state index contributed by atoms with van der Waals surface area (Å²) < 4.78 is 16.3. The van der Waals surface area contributed by atoms with Crippen LogP contribution in [-0.4, -0.2) is 24.9 Å². The molecule has 0 atom stereocenters. The number of benzene rings is 1. The van der Waals surface area contributed by atoms with Crippen LogP contribution in [0.2, 0.25) is 0 Å². The van der Waals surface area contributed by atoms with E-state index in [-0.39, 0.29) is 5.75 Å². The van der Waals surface area contributed by atoms with Crippen molar-refractivity contribution in [3.63, 3.8) is 0 Å². The maximum absolute atomic E-state index is 9.72. The first kappa shape index (κ1) is 18.2. The van der Waals surface area contributed by atoms with E-state index >= 15 is 0 Å². The fraction of sp³-hybridized carbons (Fsp3) is 0.500. The molecule has 1 rings (SSSR count). The summed E-state index contributed by atoms with van der Waals surface area (Å²) in [7, 11) is 0. The molecule has 0 amide bonds. The molecule has 4 heteroatoms. The third kappa shape index (κ3) is 5.87. The predicted octanol–water partition coefficient (Wildman–Crippen LogP) is 4.17. The van der Waals surface area contributed by atoms with Gasteiger partial charge in [0, 0.05) is 0 Å². The molecule has 0 bridgehead atoms. The van der Waals surface area contributed by atoms with Gasteiger partial charge in [-0.1, -0.05) is 32.9 Å². The molecule has 1 aromatic carbocycles. The quantitative estimate of drug-likeness (QED) is 0.762. The highest BCUT2D eigenvalue weighted by atomic mass is 16.5. The first-order valence-electron chi connectivity index (χ1n) is 7.01. The van der Waals surface area contributed by atoms with Crippen molar-refractivity contribution in [3.05, 3.63) is 24.8 Å². The van der Waals surface area contributed by atoms with Crippen LogP contribution in [0.1, 0.15) is 34.1 Å². The minimum Gasteiger partial charge on any atom is -0.504 e. The van der Waals surface area contributed by atoms with E-state index < -0.39 is 0 Å². The second kappa shape index (κ2) is 11.0. The molecule has 1 N–H and O–H groups in total. The lowest BCUT2D eigenvalue weighted by Gasteiger charge is -2.16. The summed E-state index contributed by atoms with van der Waals surface area (Å²) in [6.45, 7) is 12.8. The topological polar surface area (TPSA) is 47.9 Å². The molecule has 114 valence electrons. The van der Waals surface area contributed by atoms with Crippen molar-refractivity contribution in [2.24, 2.45) is 0 Å². The summed E-state index contributed by atoms with van der Waals surface area (Å²) in [4.78, 5) is 0. The second-order valence-corrected chi connectivity index (χ2v) is 3.91. The Kier molecular flexibility index (Phi) is 10.0. The van der Waals surface area contributed by atoms with Crippen LogP contribution >= 0.6 is 0 Å². The van der Waals surface area contributed by atoms with E-state index in [1.807, 2.05) is 13.8 Å². The zero-order valence-corrected chi connectivity index (χ0v) is 12.9. The molecule has 0 aliphatic carbocycles. The molecule has 0 spiro atoms. The minimum absolute atomic E-state index is 0.0428. The first-order chi connectivity index (χ1) is 9.65. The van der Waals surface area contributed by atoms with E-state index in [2.05, 4.69) is 20.4 Å². The van der Waals surface area contributed by atoms with E-state index in [9.17, 15) is 5.11 Å². The molecule has 0 aliphatic heterocycles. The van der Waals surface area contributed by atoms with Gasteiger partial charge in [0.25, 0.3) is 0 Å². The summed E-state index contributed by atoms with van der Waals surface area (Å²) in [6.07, 6.45) is 2.89. The van der Waals surface area contributed by atoms with E-state index in [4.69, 9.17) is 14.2 Å². The Hall–Kier alpha value is -1.84. The van der Waals surface area contributed by atoms with Gasteiger partial charge in [0.05, 0.1) is 13.2 Å². The maximum Gasteiger partial charge on any atom is 0.207 e. The standard InChI is InChI=1S/C13H18O4.C3H8/c1-4-9-17-11-8-7-10(14)12(15-5-2)13(11)16-6-3;1-3-2/h4,7-8,14H,1,5-6,9H2,2-3H3;3H2,1-2H3. The zero-order chi connectivity index (χ0) is 15.4. The van der Waals surface area contributed by atoms with Crippen LogP contribution in [-0.2, 0) is 0 Å². The first-order valence-corrected chi connectivity index (χ1v) is 7.01. The Morgan fingerprint density at radius 1 is 1.00 bits per heavy atom. The minimum atomic E-state index is 0.0428. The summed E-state index contributed by atoms with van der Waals surface area (Å²) in [5, 5.41) is 9.72. The molecule has 4 nitrogen and oxygen atoms in total. The third-order valence-electron chi connectivity index (χ3n) is 1.99.